The van der Waals surface area contributed by atoms with Crippen molar-refractivity contribution in [3.05, 3.63) is 23.5 Å². The summed E-state index contributed by atoms with van der Waals surface area (Å²) in [5.41, 5.74) is 2.05. The standard InChI is InChI=1S/C14H15FN2O/c15-12-7-10-6-11(18)9-16-13(10)8-14(12)17-4-2-1-3-5-17/h7-9H,1-6H2. The lowest BCUT2D eigenvalue weighted by Crippen LogP contribution is -2.30. The molecule has 1 aromatic carbocycles. The molecule has 0 aliphatic carbocycles. The molecule has 3 rings (SSSR count). The van der Waals surface area contributed by atoms with Gasteiger partial charge in [-0.15, -0.1) is 0 Å². The lowest BCUT2D eigenvalue weighted by atomic mass is 10.0. The first-order chi connectivity index (χ1) is 8.74. The zero-order valence-electron chi connectivity index (χ0n) is 10.2. The lowest BCUT2D eigenvalue weighted by Gasteiger charge is -2.29. The van der Waals surface area contributed by atoms with Crippen LogP contribution in [0.5, 0.6) is 0 Å². The number of benzene rings is 1. The summed E-state index contributed by atoms with van der Waals surface area (Å²) < 4.78 is 14.1. The van der Waals surface area contributed by atoms with Crippen molar-refractivity contribution in [2.45, 2.75) is 25.7 Å². The number of hydrogen-bond acceptors (Lipinski definition) is 3. The minimum atomic E-state index is -0.236. The molecular formula is C14H15FN2O. The summed E-state index contributed by atoms with van der Waals surface area (Å²) in [5, 5.41) is 0. The number of ketones is 1. The van der Waals surface area contributed by atoms with Crippen molar-refractivity contribution in [3.63, 3.8) is 0 Å². The van der Waals surface area contributed by atoms with Crippen LogP contribution in [0.1, 0.15) is 24.8 Å². The van der Waals surface area contributed by atoms with Crippen molar-refractivity contribution in [1.82, 2.24) is 0 Å². The van der Waals surface area contributed by atoms with Crippen molar-refractivity contribution >= 4 is 23.4 Å². The van der Waals surface area contributed by atoms with Crippen LogP contribution >= 0.6 is 0 Å². The Balaban J connectivity index is 1.97. The average Bonchev–Trinajstić information content (AvgIpc) is 2.39. The number of rotatable bonds is 1. The monoisotopic (exact) mass is 246 g/mol. The van der Waals surface area contributed by atoms with Gasteiger partial charge >= 0.3 is 0 Å². The first-order valence-electron chi connectivity index (χ1n) is 6.38. The predicted octanol–water partition coefficient (Wildman–Crippen LogP) is 2.64. The smallest absolute Gasteiger partial charge is 0.178 e. The summed E-state index contributed by atoms with van der Waals surface area (Å²) in [7, 11) is 0. The molecule has 4 heteroatoms. The van der Waals surface area contributed by atoms with Gasteiger partial charge < -0.3 is 4.90 Å². The van der Waals surface area contributed by atoms with Gasteiger partial charge in [-0.1, -0.05) is 0 Å². The summed E-state index contributed by atoms with van der Waals surface area (Å²) in [6.07, 6.45) is 5.03. The molecule has 2 aliphatic rings. The number of anilines is 1. The van der Waals surface area contributed by atoms with Crippen LogP contribution in [0.2, 0.25) is 0 Å². The molecule has 0 atom stereocenters. The molecule has 3 nitrogen and oxygen atoms in total. The second-order valence-electron chi connectivity index (χ2n) is 4.88. The second-order valence-corrected chi connectivity index (χ2v) is 4.88. The molecule has 0 unspecified atom stereocenters. The van der Waals surface area contributed by atoms with Crippen molar-refractivity contribution < 1.29 is 9.18 Å². The third-order valence-electron chi connectivity index (χ3n) is 3.56. The van der Waals surface area contributed by atoms with Gasteiger partial charge in [-0.2, -0.15) is 0 Å². The van der Waals surface area contributed by atoms with E-state index < -0.39 is 0 Å². The van der Waals surface area contributed by atoms with E-state index in [4.69, 9.17) is 0 Å². The van der Waals surface area contributed by atoms with E-state index in [9.17, 15) is 9.18 Å². The summed E-state index contributed by atoms with van der Waals surface area (Å²) in [6.45, 7) is 1.80. The Kier molecular flexibility index (Phi) is 2.86. The Bertz CT molecular complexity index is 519. The Morgan fingerprint density at radius 1 is 1.17 bits per heavy atom. The quantitative estimate of drug-likeness (QED) is 0.763. The number of nitrogens with zero attached hydrogens (tertiary/aromatic N) is 2. The second kappa shape index (κ2) is 4.52. The van der Waals surface area contributed by atoms with Crippen LogP contribution in [-0.4, -0.2) is 25.1 Å². The van der Waals surface area contributed by atoms with Crippen LogP contribution in [0.3, 0.4) is 0 Å². The predicted molar refractivity (Wildman–Crippen MR) is 69.3 cm³/mol. The third-order valence-corrected chi connectivity index (χ3v) is 3.56. The molecule has 1 fully saturated rings. The molecule has 0 N–H and O–H groups in total. The molecule has 2 aliphatic heterocycles. The molecule has 0 amide bonds. The minimum Gasteiger partial charge on any atom is -0.369 e. The van der Waals surface area contributed by atoms with Crippen LogP contribution in [0.25, 0.3) is 0 Å². The Morgan fingerprint density at radius 2 is 1.94 bits per heavy atom. The van der Waals surface area contributed by atoms with Gasteiger partial charge in [-0.3, -0.25) is 9.79 Å². The van der Waals surface area contributed by atoms with Gasteiger partial charge in [0.15, 0.2) is 5.78 Å². The highest BCUT2D eigenvalue weighted by Crippen LogP contribution is 2.32. The first-order valence-corrected chi connectivity index (χ1v) is 6.38. The number of carbonyl (C=O) groups is 1. The van der Waals surface area contributed by atoms with Crippen LogP contribution in [0, 0.1) is 5.82 Å². The lowest BCUT2D eigenvalue weighted by molar-refractivity contribution is -0.112. The van der Waals surface area contributed by atoms with Crippen LogP contribution in [0.4, 0.5) is 15.8 Å². The molecule has 0 aromatic heterocycles. The van der Waals surface area contributed by atoms with E-state index in [0.717, 1.165) is 31.6 Å². The molecular weight excluding hydrogens is 231 g/mol. The molecule has 1 saturated heterocycles. The van der Waals surface area contributed by atoms with E-state index in [1.807, 2.05) is 0 Å². The fraction of sp³-hybridized carbons (Fsp3) is 0.429. The molecule has 0 bridgehead atoms. The zero-order valence-corrected chi connectivity index (χ0v) is 10.2. The third kappa shape index (κ3) is 2.03. The van der Waals surface area contributed by atoms with Crippen LogP contribution in [0.15, 0.2) is 17.1 Å². The maximum absolute atomic E-state index is 14.1. The van der Waals surface area contributed by atoms with Gasteiger partial charge in [0.1, 0.15) is 5.82 Å². The molecule has 0 radical (unpaired) electrons. The molecule has 94 valence electrons. The van der Waals surface area contributed by atoms with Crippen molar-refractivity contribution in [2.75, 3.05) is 18.0 Å². The Hall–Kier alpha value is -1.71. The SMILES string of the molecule is O=C1C=Nc2cc(N3CCCCC3)c(F)cc2C1. The number of Topliss-reactive ketones (excluding diaryl/α,β-unsaturated/α-hetero) is 1. The fourth-order valence-corrected chi connectivity index (χ4v) is 2.61. The van der Waals surface area contributed by atoms with Gasteiger partial charge in [0.2, 0.25) is 0 Å². The minimum absolute atomic E-state index is 0.0624. The van der Waals surface area contributed by atoms with Crippen molar-refractivity contribution in [3.8, 4) is 0 Å². The van der Waals surface area contributed by atoms with Gasteiger partial charge in [0.05, 0.1) is 17.6 Å². The summed E-state index contributed by atoms with van der Waals surface area (Å²) in [5.74, 6) is -0.298. The topological polar surface area (TPSA) is 32.7 Å². The molecule has 18 heavy (non-hydrogen) atoms. The number of hydrogen-bond donors (Lipinski definition) is 0. The van der Waals surface area contributed by atoms with E-state index in [1.54, 1.807) is 6.07 Å². The number of fused-ring (bicyclic) bond motifs is 1. The van der Waals surface area contributed by atoms with Crippen LogP contribution in [-0.2, 0) is 11.2 Å². The van der Waals surface area contributed by atoms with E-state index in [2.05, 4.69) is 9.89 Å². The summed E-state index contributed by atoms with van der Waals surface area (Å²) in [6, 6.07) is 3.24. The van der Waals surface area contributed by atoms with E-state index in [1.165, 1.54) is 18.7 Å². The fourth-order valence-electron chi connectivity index (χ4n) is 2.61. The average molecular weight is 246 g/mol. The molecule has 2 heterocycles. The maximum Gasteiger partial charge on any atom is 0.178 e. The number of halogens is 1. The molecule has 0 saturated carbocycles. The van der Waals surface area contributed by atoms with Gasteiger partial charge in [0.25, 0.3) is 0 Å². The first kappa shape index (κ1) is 11.4. The molecule has 1 aromatic rings. The highest BCUT2D eigenvalue weighted by Gasteiger charge is 2.19. The maximum atomic E-state index is 14.1. The van der Waals surface area contributed by atoms with Gasteiger partial charge in [-0.25, -0.2) is 4.39 Å². The molecule has 0 spiro atoms. The zero-order chi connectivity index (χ0) is 12.5. The van der Waals surface area contributed by atoms with E-state index >= 15 is 0 Å². The van der Waals surface area contributed by atoms with Crippen LogP contribution < -0.4 is 4.90 Å². The van der Waals surface area contributed by atoms with Gasteiger partial charge in [-0.05, 0) is 37.0 Å². The van der Waals surface area contributed by atoms with E-state index in [-0.39, 0.29) is 18.0 Å². The van der Waals surface area contributed by atoms with Crippen molar-refractivity contribution in [2.24, 2.45) is 4.99 Å². The van der Waals surface area contributed by atoms with E-state index in [0.29, 0.717) is 11.3 Å². The number of piperidine rings is 1. The number of aliphatic imine (C=N–C) groups is 1. The normalized spacial score (nSPS) is 18.9. The summed E-state index contributed by atoms with van der Waals surface area (Å²) >= 11 is 0. The number of carbonyl (C=O) groups excluding carboxylic acids is 1. The largest absolute Gasteiger partial charge is 0.369 e. The highest BCUT2D eigenvalue weighted by molar-refractivity contribution is 6.29. The van der Waals surface area contributed by atoms with Crippen molar-refractivity contribution in [1.29, 1.82) is 0 Å². The Morgan fingerprint density at radius 3 is 2.72 bits per heavy atom. The van der Waals surface area contributed by atoms with Gasteiger partial charge in [0, 0.05) is 19.5 Å². The highest BCUT2D eigenvalue weighted by atomic mass is 19.1. The summed E-state index contributed by atoms with van der Waals surface area (Å²) in [4.78, 5) is 17.4. The Labute approximate surface area is 105 Å².